The van der Waals surface area contributed by atoms with Crippen molar-refractivity contribution < 1.29 is 4.42 Å². The van der Waals surface area contributed by atoms with Gasteiger partial charge in [-0.05, 0) is 36.0 Å². The zero-order valence-corrected chi connectivity index (χ0v) is 10.4. The molecule has 3 heteroatoms. The summed E-state index contributed by atoms with van der Waals surface area (Å²) in [6, 6.07) is 17.6. The van der Waals surface area contributed by atoms with Crippen LogP contribution in [0.15, 0.2) is 59.0 Å². The average Bonchev–Trinajstić information content (AvgIpc) is 2.39. The molecule has 2 nitrogen and oxygen atoms in total. The van der Waals surface area contributed by atoms with Crippen LogP contribution < -0.4 is 5.73 Å². The molecule has 3 rings (SSSR count). The molecule has 0 aliphatic heterocycles. The molecule has 0 aliphatic carbocycles. The van der Waals surface area contributed by atoms with E-state index < -0.39 is 0 Å². The lowest BCUT2D eigenvalue weighted by Gasteiger charge is -2.04. The van der Waals surface area contributed by atoms with E-state index in [-0.39, 0.29) is 0 Å². The van der Waals surface area contributed by atoms with Gasteiger partial charge in [-0.25, -0.2) is 0 Å². The van der Waals surface area contributed by atoms with Crippen LogP contribution in [0.4, 0.5) is 5.69 Å². The molecule has 2 N–H and O–H groups in total. The summed E-state index contributed by atoms with van der Waals surface area (Å²) in [4.78, 5) is 0. The summed E-state index contributed by atoms with van der Waals surface area (Å²) in [7, 11) is 0. The molecule has 0 radical (unpaired) electrons. The van der Waals surface area contributed by atoms with E-state index in [0.717, 1.165) is 22.1 Å². The molecule has 0 unspecified atom stereocenters. The molecule has 0 atom stereocenters. The van der Waals surface area contributed by atoms with Gasteiger partial charge in [-0.2, -0.15) is 0 Å². The first kappa shape index (κ1) is 11.0. The highest BCUT2D eigenvalue weighted by Crippen LogP contribution is 2.27. The summed E-state index contributed by atoms with van der Waals surface area (Å²) in [5, 5.41) is 0.997. The van der Waals surface area contributed by atoms with E-state index in [2.05, 4.69) is 0 Å². The maximum absolute atomic E-state index is 5.73. The molecular weight excluding hydrogens is 242 g/mol. The Morgan fingerprint density at radius 1 is 0.944 bits per heavy atom. The zero-order chi connectivity index (χ0) is 12.5. The second kappa shape index (κ2) is 4.27. The number of nitrogen functional groups attached to an aromatic ring is 1. The van der Waals surface area contributed by atoms with Gasteiger partial charge in [0.1, 0.15) is 5.58 Å². The predicted octanol–water partition coefficient (Wildman–Crippen LogP) is 4.41. The van der Waals surface area contributed by atoms with Crippen LogP contribution in [0.2, 0.25) is 0 Å². The molecule has 1 aromatic heterocycles. The fourth-order valence-corrected chi connectivity index (χ4v) is 2.21. The molecule has 88 valence electrons. The third-order valence-corrected chi connectivity index (χ3v) is 3.15. The third-order valence-electron chi connectivity index (χ3n) is 2.84. The number of fused-ring (bicyclic) bond motifs is 1. The number of nitrogens with two attached hydrogens (primary N) is 1. The zero-order valence-electron chi connectivity index (χ0n) is 9.59. The lowest BCUT2D eigenvalue weighted by Crippen LogP contribution is -1.85. The van der Waals surface area contributed by atoms with E-state index in [1.165, 1.54) is 0 Å². The van der Waals surface area contributed by atoms with Gasteiger partial charge in [0.05, 0.1) is 0 Å². The van der Waals surface area contributed by atoms with E-state index in [1.807, 2.05) is 48.5 Å². The van der Waals surface area contributed by atoms with Crippen molar-refractivity contribution in [1.82, 2.24) is 0 Å². The summed E-state index contributed by atoms with van der Waals surface area (Å²) < 4.78 is 6.15. The first-order chi connectivity index (χ1) is 8.74. The quantitative estimate of drug-likeness (QED) is 0.515. The topological polar surface area (TPSA) is 39.2 Å². The number of anilines is 1. The van der Waals surface area contributed by atoms with E-state index in [0.29, 0.717) is 10.4 Å². The molecule has 0 saturated carbocycles. The summed E-state index contributed by atoms with van der Waals surface area (Å²) in [6.45, 7) is 0. The fraction of sp³-hybridized carbons (Fsp3) is 0. The van der Waals surface area contributed by atoms with Gasteiger partial charge in [-0.15, -0.1) is 0 Å². The van der Waals surface area contributed by atoms with Crippen molar-refractivity contribution in [2.45, 2.75) is 0 Å². The third kappa shape index (κ3) is 1.89. The van der Waals surface area contributed by atoms with Gasteiger partial charge in [-0.1, -0.05) is 30.3 Å². The van der Waals surface area contributed by atoms with E-state index in [9.17, 15) is 0 Å². The summed E-state index contributed by atoms with van der Waals surface area (Å²) in [5.74, 6) is 0. The highest BCUT2D eigenvalue weighted by atomic mass is 32.1. The second-order valence-corrected chi connectivity index (χ2v) is 4.48. The summed E-state index contributed by atoms with van der Waals surface area (Å²) in [5.41, 5.74) is 9.12. The Morgan fingerprint density at radius 2 is 1.72 bits per heavy atom. The minimum Gasteiger partial charge on any atom is -0.445 e. The Balaban J connectivity index is 2.29. The van der Waals surface area contributed by atoms with Gasteiger partial charge >= 0.3 is 0 Å². The maximum Gasteiger partial charge on any atom is 0.198 e. The van der Waals surface area contributed by atoms with Crippen LogP contribution in [0.1, 0.15) is 0 Å². The largest absolute Gasteiger partial charge is 0.445 e. The standard InChI is InChI=1S/C15H11NOS/c16-12-7-6-11-8-13(10-4-2-1-3-5-10)15(18)17-14(11)9-12/h1-9H,16H2. The molecule has 0 spiro atoms. The highest BCUT2D eigenvalue weighted by Gasteiger charge is 2.04. The van der Waals surface area contributed by atoms with E-state index >= 15 is 0 Å². The molecule has 0 aliphatic rings. The Kier molecular flexibility index (Phi) is 2.61. The molecule has 0 saturated heterocycles. The molecular formula is C15H11NOS. The van der Waals surface area contributed by atoms with Crippen LogP contribution in [-0.2, 0) is 0 Å². The normalized spacial score (nSPS) is 10.7. The summed E-state index contributed by atoms with van der Waals surface area (Å²) in [6.07, 6.45) is 0. The predicted molar refractivity (Wildman–Crippen MR) is 76.9 cm³/mol. The van der Waals surface area contributed by atoms with E-state index in [1.54, 1.807) is 6.07 Å². The second-order valence-electron chi connectivity index (χ2n) is 4.11. The lowest BCUT2D eigenvalue weighted by atomic mass is 10.1. The van der Waals surface area contributed by atoms with Gasteiger partial charge in [0.15, 0.2) is 4.71 Å². The number of rotatable bonds is 1. The SMILES string of the molecule is Nc1ccc2cc(-c3ccccc3)c(=S)oc2c1. The monoisotopic (exact) mass is 253 g/mol. The van der Waals surface area contributed by atoms with Crippen LogP contribution in [0, 0.1) is 4.71 Å². The highest BCUT2D eigenvalue weighted by molar-refractivity contribution is 7.71. The average molecular weight is 253 g/mol. The van der Waals surface area contributed by atoms with Gasteiger partial charge in [0.2, 0.25) is 0 Å². The van der Waals surface area contributed by atoms with Crippen molar-refractivity contribution in [3.05, 3.63) is 59.3 Å². The van der Waals surface area contributed by atoms with Crippen LogP contribution in [-0.4, -0.2) is 0 Å². The van der Waals surface area contributed by atoms with Crippen molar-refractivity contribution in [3.63, 3.8) is 0 Å². The van der Waals surface area contributed by atoms with Gasteiger partial charge in [0.25, 0.3) is 0 Å². The summed E-state index contributed by atoms with van der Waals surface area (Å²) >= 11 is 5.30. The Bertz CT molecular complexity index is 762. The first-order valence-electron chi connectivity index (χ1n) is 5.63. The van der Waals surface area contributed by atoms with Crippen molar-refractivity contribution >= 4 is 28.9 Å². The molecule has 2 aromatic carbocycles. The van der Waals surface area contributed by atoms with Crippen LogP contribution in [0.5, 0.6) is 0 Å². The maximum atomic E-state index is 5.73. The lowest BCUT2D eigenvalue weighted by molar-refractivity contribution is 0.589. The van der Waals surface area contributed by atoms with Gasteiger partial charge in [-0.3, -0.25) is 0 Å². The molecule has 0 fully saturated rings. The van der Waals surface area contributed by atoms with Crippen LogP contribution in [0.3, 0.4) is 0 Å². The molecule has 0 amide bonds. The number of hydrogen-bond acceptors (Lipinski definition) is 3. The van der Waals surface area contributed by atoms with Crippen molar-refractivity contribution in [3.8, 4) is 11.1 Å². The van der Waals surface area contributed by atoms with Gasteiger partial charge < -0.3 is 10.2 Å². The molecule has 0 bridgehead atoms. The molecule has 1 heterocycles. The van der Waals surface area contributed by atoms with Gasteiger partial charge in [0, 0.05) is 22.7 Å². The number of hydrogen-bond donors (Lipinski definition) is 1. The first-order valence-corrected chi connectivity index (χ1v) is 6.04. The Labute approximate surface area is 110 Å². The Morgan fingerprint density at radius 3 is 2.50 bits per heavy atom. The van der Waals surface area contributed by atoms with E-state index in [4.69, 9.17) is 22.4 Å². The van der Waals surface area contributed by atoms with Crippen molar-refractivity contribution in [1.29, 1.82) is 0 Å². The minimum absolute atomic E-state index is 0.485. The molecule has 18 heavy (non-hydrogen) atoms. The number of benzene rings is 2. The minimum atomic E-state index is 0.485. The Hall–Kier alpha value is -2.13. The van der Waals surface area contributed by atoms with Crippen LogP contribution in [0.25, 0.3) is 22.1 Å². The van der Waals surface area contributed by atoms with Crippen molar-refractivity contribution in [2.75, 3.05) is 5.73 Å². The molecule has 3 aromatic rings. The van der Waals surface area contributed by atoms with Crippen LogP contribution >= 0.6 is 12.2 Å². The fourth-order valence-electron chi connectivity index (χ4n) is 1.95. The smallest absolute Gasteiger partial charge is 0.198 e. The van der Waals surface area contributed by atoms with Crippen molar-refractivity contribution in [2.24, 2.45) is 0 Å².